The summed E-state index contributed by atoms with van der Waals surface area (Å²) in [5.41, 5.74) is 2.23. The Morgan fingerprint density at radius 2 is 2.04 bits per heavy atom. The van der Waals surface area contributed by atoms with Gasteiger partial charge in [0.15, 0.2) is 0 Å². The van der Waals surface area contributed by atoms with Crippen LogP contribution in [0.4, 0.5) is 0 Å². The fourth-order valence-electron chi connectivity index (χ4n) is 3.99. The number of nitrogens with zero attached hydrogens (tertiary/aromatic N) is 4. The molecule has 0 radical (unpaired) electrons. The quantitative estimate of drug-likeness (QED) is 0.806. The van der Waals surface area contributed by atoms with Crippen LogP contribution in [0.15, 0.2) is 6.07 Å². The number of hydrogen-bond donors (Lipinski definition) is 0. The Morgan fingerprint density at radius 3 is 2.61 bits per heavy atom. The van der Waals surface area contributed by atoms with E-state index in [-0.39, 0.29) is 0 Å². The highest BCUT2D eigenvalue weighted by Gasteiger charge is 2.44. The molecule has 3 rings (SSSR count). The normalized spacial score (nSPS) is 24.7. The van der Waals surface area contributed by atoms with E-state index in [9.17, 15) is 4.79 Å². The molecule has 128 valence electrons. The third-order valence-electron chi connectivity index (χ3n) is 5.44. The number of aryl methyl sites for hydroxylation is 3. The Bertz CT molecular complexity index is 551. The Labute approximate surface area is 139 Å². The largest absolute Gasteiger partial charge is 0.341 e. The van der Waals surface area contributed by atoms with E-state index in [1.165, 1.54) is 18.5 Å². The lowest BCUT2D eigenvalue weighted by atomic mass is 9.97. The predicted octanol–water partition coefficient (Wildman–Crippen LogP) is 2.08. The summed E-state index contributed by atoms with van der Waals surface area (Å²) in [5.74, 6) is 1.86. The van der Waals surface area contributed by atoms with Crippen molar-refractivity contribution in [3.63, 3.8) is 0 Å². The molecule has 0 bridgehead atoms. The number of likely N-dealkylation sites (tertiary alicyclic amines) is 1. The van der Waals surface area contributed by atoms with Gasteiger partial charge in [0, 0.05) is 37.8 Å². The second-order valence-electron chi connectivity index (χ2n) is 7.58. The van der Waals surface area contributed by atoms with E-state index < -0.39 is 0 Å². The van der Waals surface area contributed by atoms with Crippen molar-refractivity contribution in [2.45, 2.75) is 52.1 Å². The molecule has 0 unspecified atom stereocenters. The lowest BCUT2D eigenvalue weighted by molar-refractivity contribution is -0.130. The number of aromatic nitrogens is 2. The molecule has 2 fully saturated rings. The smallest absolute Gasteiger partial charge is 0.222 e. The van der Waals surface area contributed by atoms with Crippen LogP contribution in [0.25, 0.3) is 0 Å². The minimum absolute atomic E-state index is 0.321. The molecule has 0 spiro atoms. The lowest BCUT2D eigenvalue weighted by Gasteiger charge is -2.24. The summed E-state index contributed by atoms with van der Waals surface area (Å²) in [5, 5.41) is 4.47. The Hall–Kier alpha value is -1.36. The number of hydrogen-bond acceptors (Lipinski definition) is 3. The highest BCUT2D eigenvalue weighted by Crippen LogP contribution is 2.42. The van der Waals surface area contributed by atoms with Gasteiger partial charge in [-0.2, -0.15) is 5.10 Å². The van der Waals surface area contributed by atoms with Gasteiger partial charge in [0.1, 0.15) is 0 Å². The molecule has 5 nitrogen and oxygen atoms in total. The average Bonchev–Trinajstić information content (AvgIpc) is 3.14. The second kappa shape index (κ2) is 6.63. The summed E-state index contributed by atoms with van der Waals surface area (Å²) in [6.45, 7) is 6.80. The van der Waals surface area contributed by atoms with Crippen molar-refractivity contribution in [3.05, 3.63) is 17.5 Å². The Kier molecular flexibility index (Phi) is 4.76. The van der Waals surface area contributed by atoms with Crippen molar-refractivity contribution in [2.75, 3.05) is 27.2 Å². The van der Waals surface area contributed by atoms with Crippen LogP contribution in [-0.4, -0.2) is 58.7 Å². The van der Waals surface area contributed by atoms with Crippen LogP contribution in [0.3, 0.4) is 0 Å². The van der Waals surface area contributed by atoms with Gasteiger partial charge in [-0.15, -0.1) is 0 Å². The molecular formula is C18H30N4O. The number of likely N-dealkylation sites (N-methyl/N-ethyl adjacent to an activating group) is 1. The van der Waals surface area contributed by atoms with Gasteiger partial charge >= 0.3 is 0 Å². The van der Waals surface area contributed by atoms with Crippen molar-refractivity contribution < 1.29 is 4.79 Å². The van der Waals surface area contributed by atoms with Gasteiger partial charge in [0.25, 0.3) is 0 Å². The van der Waals surface area contributed by atoms with E-state index in [4.69, 9.17) is 0 Å². The first-order valence-electron chi connectivity index (χ1n) is 8.91. The van der Waals surface area contributed by atoms with Crippen molar-refractivity contribution >= 4 is 5.91 Å². The molecule has 2 aliphatic rings. The molecule has 1 amide bonds. The first-order valence-corrected chi connectivity index (χ1v) is 8.91. The SMILES string of the molecule is Cc1cc(C)n(CCCC(=O)N2C[C@@H](N(C)C)[C@H](C3CC3)C2)n1. The van der Waals surface area contributed by atoms with Crippen molar-refractivity contribution in [3.8, 4) is 0 Å². The van der Waals surface area contributed by atoms with Crippen molar-refractivity contribution in [1.82, 2.24) is 19.6 Å². The predicted molar refractivity (Wildman–Crippen MR) is 91.2 cm³/mol. The molecule has 2 heterocycles. The molecule has 1 saturated heterocycles. The van der Waals surface area contributed by atoms with Gasteiger partial charge in [-0.3, -0.25) is 9.48 Å². The Morgan fingerprint density at radius 1 is 1.30 bits per heavy atom. The summed E-state index contributed by atoms with van der Waals surface area (Å²) in [6, 6.07) is 2.63. The molecule has 1 saturated carbocycles. The Balaban J connectivity index is 1.49. The zero-order valence-corrected chi connectivity index (χ0v) is 15.0. The van der Waals surface area contributed by atoms with Gasteiger partial charge in [0.05, 0.1) is 5.69 Å². The van der Waals surface area contributed by atoms with E-state index in [0.29, 0.717) is 24.3 Å². The summed E-state index contributed by atoms with van der Waals surface area (Å²) in [7, 11) is 4.30. The summed E-state index contributed by atoms with van der Waals surface area (Å²) >= 11 is 0. The van der Waals surface area contributed by atoms with Crippen molar-refractivity contribution in [2.24, 2.45) is 11.8 Å². The standard InChI is InChI=1S/C18H30N4O/c1-13-10-14(2)22(19-13)9-5-6-18(23)21-11-16(15-7-8-15)17(12-21)20(3)4/h10,15-17H,5-9,11-12H2,1-4H3/t16-,17+/m0/s1. The first kappa shape index (κ1) is 16.5. The van der Waals surface area contributed by atoms with Crippen molar-refractivity contribution in [1.29, 1.82) is 0 Å². The van der Waals surface area contributed by atoms with Gasteiger partial charge in [0.2, 0.25) is 5.91 Å². The number of rotatable bonds is 6. The van der Waals surface area contributed by atoms with E-state index in [1.54, 1.807) is 0 Å². The summed E-state index contributed by atoms with van der Waals surface area (Å²) < 4.78 is 2.02. The van der Waals surface area contributed by atoms with Gasteiger partial charge in [-0.25, -0.2) is 0 Å². The molecule has 0 N–H and O–H groups in total. The fourth-order valence-corrected chi connectivity index (χ4v) is 3.99. The average molecular weight is 318 g/mol. The maximum Gasteiger partial charge on any atom is 0.222 e. The number of amides is 1. The summed E-state index contributed by atoms with van der Waals surface area (Å²) in [4.78, 5) is 17.0. The highest BCUT2D eigenvalue weighted by molar-refractivity contribution is 5.76. The van der Waals surface area contributed by atoms with E-state index in [2.05, 4.69) is 42.0 Å². The zero-order chi connectivity index (χ0) is 16.6. The number of carbonyl (C=O) groups excluding carboxylic acids is 1. The molecule has 23 heavy (non-hydrogen) atoms. The van der Waals surface area contributed by atoms with Gasteiger partial charge in [-0.1, -0.05) is 0 Å². The number of carbonyl (C=O) groups is 1. The fraction of sp³-hybridized carbons (Fsp3) is 0.778. The molecule has 2 atom stereocenters. The maximum atomic E-state index is 12.6. The molecular weight excluding hydrogens is 288 g/mol. The maximum absolute atomic E-state index is 12.6. The van der Waals surface area contributed by atoms with Crippen LogP contribution in [0.2, 0.25) is 0 Å². The topological polar surface area (TPSA) is 41.4 Å². The third kappa shape index (κ3) is 3.77. The second-order valence-corrected chi connectivity index (χ2v) is 7.58. The lowest BCUT2D eigenvalue weighted by Crippen LogP contribution is -2.36. The van der Waals surface area contributed by atoms with Crippen LogP contribution in [0.5, 0.6) is 0 Å². The minimum atomic E-state index is 0.321. The monoisotopic (exact) mass is 318 g/mol. The van der Waals surface area contributed by atoms with Crippen LogP contribution in [-0.2, 0) is 11.3 Å². The zero-order valence-electron chi connectivity index (χ0n) is 15.0. The molecule has 5 heteroatoms. The minimum Gasteiger partial charge on any atom is -0.341 e. The van der Waals surface area contributed by atoms with E-state index >= 15 is 0 Å². The molecule has 0 aromatic carbocycles. The highest BCUT2D eigenvalue weighted by atomic mass is 16.2. The van der Waals surface area contributed by atoms with Crippen LogP contribution in [0, 0.1) is 25.7 Å². The molecule has 1 aliphatic heterocycles. The van der Waals surface area contributed by atoms with Gasteiger partial charge in [-0.05, 0) is 65.1 Å². The van der Waals surface area contributed by atoms with Crippen LogP contribution < -0.4 is 0 Å². The van der Waals surface area contributed by atoms with Crippen LogP contribution in [0.1, 0.15) is 37.1 Å². The molecule has 1 aromatic heterocycles. The summed E-state index contributed by atoms with van der Waals surface area (Å²) in [6.07, 6.45) is 4.22. The first-order chi connectivity index (χ1) is 11.0. The van der Waals surface area contributed by atoms with E-state index in [1.807, 2.05) is 11.6 Å². The molecule has 1 aliphatic carbocycles. The van der Waals surface area contributed by atoms with Gasteiger partial charge < -0.3 is 9.80 Å². The third-order valence-corrected chi connectivity index (χ3v) is 5.44. The molecule has 1 aromatic rings. The van der Waals surface area contributed by atoms with Crippen LogP contribution >= 0.6 is 0 Å². The van der Waals surface area contributed by atoms with E-state index in [0.717, 1.165) is 37.7 Å².